The number of hydrogen-bond acceptors (Lipinski definition) is 5. The second kappa shape index (κ2) is 11.1. The Morgan fingerprint density at radius 3 is 2.70 bits per heavy atom. The number of carbonyl (C=O) groups is 1. The average molecular weight is 390 g/mol. The van der Waals surface area contributed by atoms with Crippen LogP contribution in [-0.2, 0) is 11.2 Å². The largest absolute Gasteiger partial charge is 0.491 e. The predicted molar refractivity (Wildman–Crippen MR) is 112 cm³/mol. The van der Waals surface area contributed by atoms with Gasteiger partial charge < -0.3 is 21.5 Å². The molecule has 0 fully saturated rings. The molecule has 1 heterocycles. The van der Waals surface area contributed by atoms with Crippen molar-refractivity contribution in [2.24, 2.45) is 11.5 Å². The normalized spacial score (nSPS) is 13.2. The van der Waals surface area contributed by atoms with Crippen LogP contribution in [0.5, 0.6) is 5.75 Å². The van der Waals surface area contributed by atoms with E-state index in [-0.39, 0.29) is 11.9 Å². The molecule has 1 aromatic heterocycles. The maximum Gasteiger partial charge on any atom is 0.237 e. The molecule has 0 spiro atoms. The van der Waals surface area contributed by atoms with Gasteiger partial charge in [-0.2, -0.15) is 0 Å². The fraction of sp³-hybridized carbons (Fsp3) is 0.476. The second-order valence-electron chi connectivity index (χ2n) is 6.94. The highest BCUT2D eigenvalue weighted by molar-refractivity contribution is 7.09. The molecule has 0 unspecified atom stereocenters. The molecule has 0 aliphatic rings. The van der Waals surface area contributed by atoms with E-state index in [4.69, 9.17) is 16.2 Å². The Morgan fingerprint density at radius 1 is 1.22 bits per heavy atom. The van der Waals surface area contributed by atoms with Crippen LogP contribution in [0, 0.1) is 13.8 Å². The zero-order valence-electron chi connectivity index (χ0n) is 16.2. The molecule has 2 aromatic rings. The van der Waals surface area contributed by atoms with Crippen LogP contribution >= 0.6 is 11.3 Å². The fourth-order valence-electron chi connectivity index (χ4n) is 2.78. The van der Waals surface area contributed by atoms with E-state index >= 15 is 0 Å². The van der Waals surface area contributed by atoms with Crippen LogP contribution in [0.2, 0.25) is 0 Å². The van der Waals surface area contributed by atoms with Gasteiger partial charge in [0.05, 0.1) is 12.1 Å². The molecule has 0 saturated carbocycles. The predicted octanol–water partition coefficient (Wildman–Crippen LogP) is 2.93. The molecule has 2 rings (SSSR count). The number of benzene rings is 1. The van der Waals surface area contributed by atoms with Crippen molar-refractivity contribution in [3.63, 3.8) is 0 Å². The number of rotatable bonds is 11. The van der Waals surface area contributed by atoms with Crippen molar-refractivity contribution in [2.75, 3.05) is 13.2 Å². The molecule has 2 atom stereocenters. The van der Waals surface area contributed by atoms with Gasteiger partial charge in [-0.1, -0.05) is 18.6 Å². The topological polar surface area (TPSA) is 90.4 Å². The second-order valence-corrected chi connectivity index (χ2v) is 7.97. The zero-order chi connectivity index (χ0) is 19.6. The summed E-state index contributed by atoms with van der Waals surface area (Å²) in [5.74, 6) is 0.684. The van der Waals surface area contributed by atoms with E-state index < -0.39 is 6.04 Å². The first-order chi connectivity index (χ1) is 13.0. The molecule has 0 bridgehead atoms. The molecule has 148 valence electrons. The first-order valence-electron chi connectivity index (χ1n) is 9.48. The first-order valence-corrected chi connectivity index (χ1v) is 10.4. The van der Waals surface area contributed by atoms with E-state index in [0.717, 1.165) is 29.9 Å². The molecule has 6 heteroatoms. The highest BCUT2D eigenvalue weighted by atomic mass is 32.1. The molecule has 0 radical (unpaired) electrons. The van der Waals surface area contributed by atoms with Gasteiger partial charge in [-0.25, -0.2) is 0 Å². The van der Waals surface area contributed by atoms with Crippen LogP contribution in [-0.4, -0.2) is 31.1 Å². The number of unbranched alkanes of at least 4 members (excludes halogenated alkanes) is 1. The molecule has 5 nitrogen and oxygen atoms in total. The summed E-state index contributed by atoms with van der Waals surface area (Å²) in [4.78, 5) is 13.6. The van der Waals surface area contributed by atoms with E-state index in [1.165, 1.54) is 11.1 Å². The maximum absolute atomic E-state index is 12.5. The number of nitrogens with one attached hydrogen (secondary N) is 1. The Kier molecular flexibility index (Phi) is 8.78. The summed E-state index contributed by atoms with van der Waals surface area (Å²) < 4.78 is 5.94. The lowest BCUT2D eigenvalue weighted by Crippen LogP contribution is -2.48. The third-order valence-corrected chi connectivity index (χ3v) is 5.52. The van der Waals surface area contributed by atoms with E-state index in [1.54, 1.807) is 11.3 Å². The van der Waals surface area contributed by atoms with Gasteiger partial charge in [0.2, 0.25) is 5.91 Å². The van der Waals surface area contributed by atoms with Crippen LogP contribution in [0.15, 0.2) is 35.7 Å². The van der Waals surface area contributed by atoms with Crippen LogP contribution in [0.4, 0.5) is 0 Å². The van der Waals surface area contributed by atoms with Crippen LogP contribution in [0.3, 0.4) is 0 Å². The number of hydrogen-bond donors (Lipinski definition) is 3. The van der Waals surface area contributed by atoms with Crippen LogP contribution in [0.25, 0.3) is 0 Å². The number of aryl methyl sites for hydroxylation is 2. The minimum absolute atomic E-state index is 0.0833. The molecule has 27 heavy (non-hydrogen) atoms. The van der Waals surface area contributed by atoms with E-state index in [2.05, 4.69) is 19.2 Å². The Balaban J connectivity index is 1.91. The van der Waals surface area contributed by atoms with Crippen molar-refractivity contribution in [3.05, 3.63) is 51.7 Å². The molecule has 5 N–H and O–H groups in total. The van der Waals surface area contributed by atoms with Gasteiger partial charge in [0.1, 0.15) is 12.4 Å². The minimum Gasteiger partial charge on any atom is -0.491 e. The van der Waals surface area contributed by atoms with Crippen molar-refractivity contribution in [2.45, 2.75) is 51.6 Å². The van der Waals surface area contributed by atoms with Gasteiger partial charge in [-0.15, -0.1) is 11.3 Å². The molecular weight excluding hydrogens is 358 g/mol. The Hall–Kier alpha value is -1.89. The highest BCUT2D eigenvalue weighted by Gasteiger charge is 2.19. The number of carbonyl (C=O) groups excluding carboxylic acids is 1. The van der Waals surface area contributed by atoms with E-state index in [9.17, 15) is 4.79 Å². The summed E-state index contributed by atoms with van der Waals surface area (Å²) in [6.07, 6.45) is 3.24. The van der Waals surface area contributed by atoms with Gasteiger partial charge in [0.25, 0.3) is 0 Å². The summed E-state index contributed by atoms with van der Waals surface area (Å²) in [7, 11) is 0. The zero-order valence-corrected chi connectivity index (χ0v) is 17.1. The van der Waals surface area contributed by atoms with Gasteiger partial charge in [-0.05, 0) is 67.9 Å². The van der Waals surface area contributed by atoms with Crippen LogP contribution in [0.1, 0.15) is 35.3 Å². The number of nitrogens with two attached hydrogens (primary N) is 2. The third kappa shape index (κ3) is 7.33. The summed E-state index contributed by atoms with van der Waals surface area (Å²) in [5.41, 5.74) is 14.1. The maximum atomic E-state index is 12.5. The molecular formula is C21H31N3O2S. The fourth-order valence-corrected chi connectivity index (χ4v) is 3.54. The summed E-state index contributed by atoms with van der Waals surface area (Å²) >= 11 is 1.62. The lowest BCUT2D eigenvalue weighted by atomic mass is 10.1. The van der Waals surface area contributed by atoms with E-state index in [0.29, 0.717) is 19.6 Å². The lowest BCUT2D eigenvalue weighted by Gasteiger charge is -2.21. The van der Waals surface area contributed by atoms with Crippen molar-refractivity contribution >= 4 is 17.2 Å². The number of amides is 1. The highest BCUT2D eigenvalue weighted by Crippen LogP contribution is 2.17. The SMILES string of the molecule is Cc1ccc(OC[C@H](CCCCN)NC(=O)[C@@H](N)Cc2cccs2)cc1C. The first kappa shape index (κ1) is 21.4. The van der Waals surface area contributed by atoms with Gasteiger partial charge in [0, 0.05) is 11.3 Å². The lowest BCUT2D eigenvalue weighted by molar-refractivity contribution is -0.123. The summed E-state index contributed by atoms with van der Waals surface area (Å²) in [6.45, 7) is 5.21. The molecule has 0 saturated heterocycles. The average Bonchev–Trinajstić information content (AvgIpc) is 3.15. The Labute approximate surface area is 166 Å². The van der Waals surface area contributed by atoms with Crippen molar-refractivity contribution in [1.82, 2.24) is 5.32 Å². The molecule has 1 amide bonds. The minimum atomic E-state index is -0.553. The van der Waals surface area contributed by atoms with Gasteiger partial charge in [0.15, 0.2) is 0 Å². The van der Waals surface area contributed by atoms with Crippen molar-refractivity contribution < 1.29 is 9.53 Å². The van der Waals surface area contributed by atoms with E-state index in [1.807, 2.05) is 35.7 Å². The standard InChI is InChI=1S/C21H31N3O2S/c1-15-8-9-18(12-16(15)2)26-14-17(6-3-4-10-22)24-21(25)20(23)13-19-7-5-11-27-19/h5,7-9,11-12,17,20H,3-4,6,10,13-14,22-23H2,1-2H3,(H,24,25)/t17-,20-/m0/s1. The third-order valence-electron chi connectivity index (χ3n) is 4.62. The number of ether oxygens (including phenoxy) is 1. The summed E-state index contributed by atoms with van der Waals surface area (Å²) in [6, 6.07) is 9.36. The summed E-state index contributed by atoms with van der Waals surface area (Å²) in [5, 5.41) is 5.05. The van der Waals surface area contributed by atoms with Gasteiger partial charge >= 0.3 is 0 Å². The quantitative estimate of drug-likeness (QED) is 0.515. The molecule has 0 aliphatic carbocycles. The Bertz CT molecular complexity index is 703. The van der Waals surface area contributed by atoms with Crippen LogP contribution < -0.4 is 21.5 Å². The monoisotopic (exact) mass is 389 g/mol. The van der Waals surface area contributed by atoms with Gasteiger partial charge in [-0.3, -0.25) is 4.79 Å². The molecule has 1 aromatic carbocycles. The smallest absolute Gasteiger partial charge is 0.237 e. The molecule has 0 aliphatic heterocycles. The number of thiophene rings is 1. The van der Waals surface area contributed by atoms with Crippen molar-refractivity contribution in [1.29, 1.82) is 0 Å². The van der Waals surface area contributed by atoms with Crippen molar-refractivity contribution in [3.8, 4) is 5.75 Å². The Morgan fingerprint density at radius 2 is 2.04 bits per heavy atom.